The Morgan fingerprint density at radius 2 is 2.05 bits per heavy atom. The van der Waals surface area contributed by atoms with Crippen LogP contribution in [0.2, 0.25) is 0 Å². The summed E-state index contributed by atoms with van der Waals surface area (Å²) in [5.74, 6) is 0.669. The van der Waals surface area contributed by atoms with Crippen molar-refractivity contribution >= 4 is 11.0 Å². The number of hydrogen-bond donors (Lipinski definition) is 1. The van der Waals surface area contributed by atoms with Crippen LogP contribution in [0, 0.1) is 0 Å². The minimum atomic E-state index is -0.480. The van der Waals surface area contributed by atoms with E-state index in [9.17, 15) is 9.90 Å². The van der Waals surface area contributed by atoms with Gasteiger partial charge >= 0.3 is 5.63 Å². The number of aryl methyl sites for hydroxylation is 1. The van der Waals surface area contributed by atoms with Gasteiger partial charge in [0.25, 0.3) is 0 Å². The van der Waals surface area contributed by atoms with E-state index in [0.29, 0.717) is 17.9 Å². The Labute approximate surface area is 129 Å². The van der Waals surface area contributed by atoms with Gasteiger partial charge in [0.05, 0.1) is 18.0 Å². The number of hydroxylamine groups is 2. The number of benzene rings is 1. The molecule has 118 valence electrons. The molecular weight excluding hydrogens is 282 g/mol. The van der Waals surface area contributed by atoms with Gasteiger partial charge in [-0.15, -0.1) is 5.06 Å². The molecule has 1 N–H and O–H groups in total. The summed E-state index contributed by atoms with van der Waals surface area (Å²) in [4.78, 5) is 18.0. The molecule has 2 aromatic rings. The van der Waals surface area contributed by atoms with E-state index < -0.39 is 6.10 Å². The lowest BCUT2D eigenvalue weighted by molar-refractivity contribution is -0.0565. The SMILES string of the molecule is CC(O)CN(C)Oc1cccc2oc(=O)c3c(c12)CCCC3. The molecule has 0 amide bonds. The zero-order chi connectivity index (χ0) is 15.7. The first-order valence-corrected chi connectivity index (χ1v) is 7.71. The monoisotopic (exact) mass is 303 g/mol. The average Bonchev–Trinajstić information content (AvgIpc) is 2.46. The van der Waals surface area contributed by atoms with Gasteiger partial charge in [-0.25, -0.2) is 4.79 Å². The Bertz CT molecular complexity index is 735. The molecule has 0 fully saturated rings. The van der Waals surface area contributed by atoms with Crippen molar-refractivity contribution in [3.63, 3.8) is 0 Å². The minimum Gasteiger partial charge on any atom is -0.422 e. The summed E-state index contributed by atoms with van der Waals surface area (Å²) in [5, 5.41) is 11.9. The Morgan fingerprint density at radius 1 is 1.32 bits per heavy atom. The van der Waals surface area contributed by atoms with Crippen LogP contribution in [0.1, 0.15) is 30.9 Å². The van der Waals surface area contributed by atoms with Gasteiger partial charge in [-0.3, -0.25) is 0 Å². The van der Waals surface area contributed by atoms with Crippen LogP contribution in [0.3, 0.4) is 0 Å². The van der Waals surface area contributed by atoms with Crippen LogP contribution in [-0.4, -0.2) is 29.9 Å². The molecule has 1 aliphatic carbocycles. The van der Waals surface area contributed by atoms with Crippen molar-refractivity contribution in [3.8, 4) is 5.75 Å². The van der Waals surface area contributed by atoms with Crippen molar-refractivity contribution in [2.24, 2.45) is 0 Å². The van der Waals surface area contributed by atoms with Gasteiger partial charge in [-0.2, -0.15) is 0 Å². The first kappa shape index (κ1) is 15.1. The van der Waals surface area contributed by atoms with E-state index in [4.69, 9.17) is 9.25 Å². The van der Waals surface area contributed by atoms with Crippen molar-refractivity contribution < 1.29 is 14.4 Å². The second-order valence-corrected chi connectivity index (χ2v) is 5.93. The summed E-state index contributed by atoms with van der Waals surface area (Å²) in [6.07, 6.45) is 3.26. The lowest BCUT2D eigenvalue weighted by Gasteiger charge is -2.22. The number of fused-ring (bicyclic) bond motifs is 3. The van der Waals surface area contributed by atoms with E-state index >= 15 is 0 Å². The highest BCUT2D eigenvalue weighted by atomic mass is 16.7. The third-order valence-corrected chi connectivity index (χ3v) is 3.98. The van der Waals surface area contributed by atoms with Crippen LogP contribution in [0.4, 0.5) is 0 Å². The summed E-state index contributed by atoms with van der Waals surface area (Å²) < 4.78 is 5.46. The van der Waals surface area contributed by atoms with Crippen LogP contribution in [0.15, 0.2) is 27.4 Å². The second kappa shape index (κ2) is 6.10. The molecule has 22 heavy (non-hydrogen) atoms. The molecule has 0 aliphatic heterocycles. The van der Waals surface area contributed by atoms with Crippen LogP contribution in [-0.2, 0) is 12.8 Å². The van der Waals surface area contributed by atoms with Crippen LogP contribution in [0.5, 0.6) is 5.75 Å². The molecule has 1 atom stereocenters. The molecule has 0 saturated carbocycles. The van der Waals surface area contributed by atoms with Gasteiger partial charge in [0.2, 0.25) is 0 Å². The molecule has 0 spiro atoms. The molecule has 3 rings (SSSR count). The number of likely N-dealkylation sites (N-methyl/N-ethyl adjacent to an activating group) is 1. The molecule has 0 radical (unpaired) electrons. The van der Waals surface area contributed by atoms with Gasteiger partial charge in [0.15, 0.2) is 5.75 Å². The van der Waals surface area contributed by atoms with Crippen molar-refractivity contribution in [2.45, 2.75) is 38.7 Å². The zero-order valence-electron chi connectivity index (χ0n) is 13.0. The van der Waals surface area contributed by atoms with Crippen molar-refractivity contribution in [1.82, 2.24) is 5.06 Å². The standard InChI is InChI=1S/C17H21NO4/c1-11(19)10-18(2)22-15-9-5-8-14-16(15)12-6-3-4-7-13(12)17(20)21-14/h5,8-9,11,19H,3-4,6-7,10H2,1-2H3. The molecular formula is C17H21NO4. The van der Waals surface area contributed by atoms with E-state index in [1.54, 1.807) is 25.1 Å². The lowest BCUT2D eigenvalue weighted by Crippen LogP contribution is -2.30. The summed E-state index contributed by atoms with van der Waals surface area (Å²) in [6, 6.07) is 5.48. The fourth-order valence-electron chi connectivity index (χ4n) is 3.11. The molecule has 5 nitrogen and oxygen atoms in total. The van der Waals surface area contributed by atoms with E-state index in [1.807, 2.05) is 12.1 Å². The third-order valence-electron chi connectivity index (χ3n) is 3.98. The first-order valence-electron chi connectivity index (χ1n) is 7.71. The normalized spacial score (nSPS) is 15.8. The Hall–Kier alpha value is -1.85. The highest BCUT2D eigenvalue weighted by Crippen LogP contribution is 2.33. The number of aliphatic hydroxyl groups excluding tert-OH is 1. The van der Waals surface area contributed by atoms with Gasteiger partial charge in [0.1, 0.15) is 5.58 Å². The van der Waals surface area contributed by atoms with Crippen LogP contribution in [0.25, 0.3) is 11.0 Å². The molecule has 1 unspecified atom stereocenters. The van der Waals surface area contributed by atoms with Crippen molar-refractivity contribution in [3.05, 3.63) is 39.7 Å². The summed E-state index contributed by atoms with van der Waals surface area (Å²) >= 11 is 0. The van der Waals surface area contributed by atoms with Gasteiger partial charge in [-0.1, -0.05) is 6.07 Å². The van der Waals surface area contributed by atoms with E-state index in [0.717, 1.165) is 42.2 Å². The van der Waals surface area contributed by atoms with Gasteiger partial charge in [0, 0.05) is 12.6 Å². The van der Waals surface area contributed by atoms with Gasteiger partial charge < -0.3 is 14.4 Å². The lowest BCUT2D eigenvalue weighted by atomic mass is 9.90. The molecule has 5 heteroatoms. The quantitative estimate of drug-likeness (QED) is 0.693. The first-order chi connectivity index (χ1) is 10.6. The van der Waals surface area contributed by atoms with E-state index in [2.05, 4.69) is 0 Å². The molecule has 0 saturated heterocycles. The average molecular weight is 303 g/mol. The second-order valence-electron chi connectivity index (χ2n) is 5.93. The maximum Gasteiger partial charge on any atom is 0.339 e. The highest BCUT2D eigenvalue weighted by Gasteiger charge is 2.21. The summed E-state index contributed by atoms with van der Waals surface area (Å²) in [6.45, 7) is 2.11. The van der Waals surface area contributed by atoms with Crippen molar-refractivity contribution in [2.75, 3.05) is 13.6 Å². The van der Waals surface area contributed by atoms with E-state index in [1.165, 1.54) is 0 Å². The predicted molar refractivity (Wildman–Crippen MR) is 84.1 cm³/mol. The molecule has 1 aromatic carbocycles. The maximum absolute atomic E-state index is 12.1. The summed E-state index contributed by atoms with van der Waals surface area (Å²) in [7, 11) is 1.77. The minimum absolute atomic E-state index is 0.225. The topological polar surface area (TPSA) is 62.9 Å². The van der Waals surface area contributed by atoms with E-state index in [-0.39, 0.29) is 5.63 Å². The van der Waals surface area contributed by atoms with Crippen LogP contribution >= 0.6 is 0 Å². The third kappa shape index (κ3) is 2.87. The zero-order valence-corrected chi connectivity index (χ0v) is 13.0. The number of hydrogen-bond acceptors (Lipinski definition) is 5. The number of rotatable bonds is 4. The molecule has 0 bridgehead atoms. The summed E-state index contributed by atoms with van der Waals surface area (Å²) in [5.41, 5.74) is 2.18. The maximum atomic E-state index is 12.1. The smallest absolute Gasteiger partial charge is 0.339 e. The van der Waals surface area contributed by atoms with Crippen LogP contribution < -0.4 is 10.5 Å². The Kier molecular flexibility index (Phi) is 4.18. The highest BCUT2D eigenvalue weighted by molar-refractivity contribution is 5.87. The van der Waals surface area contributed by atoms with Gasteiger partial charge in [-0.05, 0) is 50.3 Å². The fourth-order valence-corrected chi connectivity index (χ4v) is 3.11. The Morgan fingerprint density at radius 3 is 2.77 bits per heavy atom. The fraction of sp³-hybridized carbons (Fsp3) is 0.471. The number of nitrogens with zero attached hydrogens (tertiary/aromatic N) is 1. The number of aliphatic hydroxyl groups is 1. The molecule has 1 aromatic heterocycles. The predicted octanol–water partition coefficient (Wildman–Crippen LogP) is 2.28. The Balaban J connectivity index is 2.09. The molecule has 1 aliphatic rings. The largest absolute Gasteiger partial charge is 0.422 e. The molecule has 1 heterocycles. The van der Waals surface area contributed by atoms with Crippen molar-refractivity contribution in [1.29, 1.82) is 0 Å².